The number of esters is 1. The fraction of sp³-hybridized carbons (Fsp3) is 0.500. The van der Waals surface area contributed by atoms with Gasteiger partial charge >= 0.3 is 5.97 Å². The topological polar surface area (TPSA) is 55.8 Å². The summed E-state index contributed by atoms with van der Waals surface area (Å²) >= 11 is 0. The van der Waals surface area contributed by atoms with Crippen molar-refractivity contribution in [3.05, 3.63) is 23.8 Å². The summed E-state index contributed by atoms with van der Waals surface area (Å²) in [4.78, 5) is 11.4. The maximum Gasteiger partial charge on any atom is 0.341 e. The third-order valence-corrected chi connectivity index (χ3v) is 4.78. The molecule has 1 atom stereocenters. The van der Waals surface area contributed by atoms with E-state index in [0.717, 1.165) is 16.3 Å². The van der Waals surface area contributed by atoms with Crippen molar-refractivity contribution in [1.82, 2.24) is 0 Å². The highest BCUT2D eigenvalue weighted by atomic mass is 28.1. The van der Waals surface area contributed by atoms with Crippen LogP contribution in [0.5, 0.6) is 11.5 Å². The summed E-state index contributed by atoms with van der Waals surface area (Å²) < 4.78 is 10.5. The Kier molecular flexibility index (Phi) is 5.00. The maximum absolute atomic E-state index is 11.4. The fourth-order valence-electron chi connectivity index (χ4n) is 1.75. The van der Waals surface area contributed by atoms with Gasteiger partial charge in [-0.2, -0.15) is 0 Å². The number of ether oxygens (including phenoxy) is 2. The van der Waals surface area contributed by atoms with Crippen molar-refractivity contribution in [3.63, 3.8) is 0 Å². The summed E-state index contributed by atoms with van der Waals surface area (Å²) in [7, 11) is 2.40. The van der Waals surface area contributed by atoms with Crippen molar-refractivity contribution >= 4 is 16.2 Å². The first-order chi connectivity index (χ1) is 8.81. The first-order valence-electron chi connectivity index (χ1n) is 6.42. The van der Waals surface area contributed by atoms with E-state index in [9.17, 15) is 9.90 Å². The molecule has 5 heteroatoms. The van der Waals surface area contributed by atoms with Crippen molar-refractivity contribution in [2.75, 3.05) is 7.11 Å². The van der Waals surface area contributed by atoms with Crippen LogP contribution in [0, 0.1) is 5.92 Å². The van der Waals surface area contributed by atoms with E-state index < -0.39 is 5.97 Å². The largest absolute Gasteiger partial charge is 0.507 e. The summed E-state index contributed by atoms with van der Waals surface area (Å²) in [5.74, 6) is 0.300. The normalized spacial score (nSPS) is 13.1. The molecular weight excluding hydrogens is 260 g/mol. The van der Waals surface area contributed by atoms with Crippen molar-refractivity contribution in [1.29, 1.82) is 0 Å². The van der Waals surface area contributed by atoms with Crippen LogP contribution in [-0.4, -0.2) is 34.0 Å². The average Bonchev–Trinajstić information content (AvgIpc) is 2.36. The number of phenolic OH excluding ortho intramolecular Hbond substituents is 1. The number of rotatable bonds is 5. The highest BCUT2D eigenvalue weighted by molar-refractivity contribution is 6.08. The van der Waals surface area contributed by atoms with Gasteiger partial charge < -0.3 is 14.6 Å². The molecule has 0 radical (unpaired) electrons. The Morgan fingerprint density at radius 2 is 2.11 bits per heavy atom. The quantitative estimate of drug-likeness (QED) is 0.660. The number of carbonyl (C=O) groups excluding carboxylic acids is 1. The zero-order chi connectivity index (χ0) is 14.6. The molecule has 0 amide bonds. The maximum atomic E-state index is 11.4. The van der Waals surface area contributed by atoms with Crippen LogP contribution in [0.15, 0.2) is 18.2 Å². The summed E-state index contributed by atoms with van der Waals surface area (Å²) in [6.45, 7) is 6.21. The van der Waals surface area contributed by atoms with E-state index in [-0.39, 0.29) is 16.9 Å². The molecule has 0 bridgehead atoms. The molecule has 1 rings (SSSR count). The molecule has 1 N–H and O–H groups in total. The number of phenols is 1. The lowest BCUT2D eigenvalue weighted by Gasteiger charge is -2.32. The SMILES string of the molecule is COC(=O)c1ccc(OC(C)(C)C(C)C[SiH3])cc1O. The molecule has 1 aromatic carbocycles. The Balaban J connectivity index is 2.93. The van der Waals surface area contributed by atoms with E-state index in [0.29, 0.717) is 11.7 Å². The Labute approximate surface area is 117 Å². The second kappa shape index (κ2) is 6.10. The Bertz CT molecular complexity index is 457. The standard InChI is InChI=1S/C14H22O4Si/c1-9(8-19)14(2,3)18-10-5-6-11(12(15)7-10)13(16)17-4/h5-7,9,15H,8H2,1-4,19H3. The lowest BCUT2D eigenvalue weighted by molar-refractivity contribution is 0.0587. The lowest BCUT2D eigenvalue weighted by atomic mass is 9.94. The average molecular weight is 282 g/mol. The third kappa shape index (κ3) is 3.73. The van der Waals surface area contributed by atoms with Gasteiger partial charge in [0.1, 0.15) is 22.7 Å². The summed E-state index contributed by atoms with van der Waals surface area (Å²) in [5.41, 5.74) is -0.162. The third-order valence-electron chi connectivity index (χ3n) is 3.55. The van der Waals surface area contributed by atoms with Crippen molar-refractivity contribution in [2.45, 2.75) is 32.4 Å². The molecule has 106 valence electrons. The van der Waals surface area contributed by atoms with Crippen molar-refractivity contribution < 1.29 is 19.4 Å². The van der Waals surface area contributed by atoms with Crippen LogP contribution in [0.4, 0.5) is 0 Å². The molecular formula is C14H22O4Si. The first kappa shape index (κ1) is 15.6. The van der Waals surface area contributed by atoms with Gasteiger partial charge in [0, 0.05) is 16.3 Å². The second-order valence-electron chi connectivity index (χ2n) is 5.19. The van der Waals surface area contributed by atoms with Gasteiger partial charge in [0.15, 0.2) is 0 Å². The summed E-state index contributed by atoms with van der Waals surface area (Å²) in [6, 6.07) is 5.78. The van der Waals surface area contributed by atoms with E-state index >= 15 is 0 Å². The van der Waals surface area contributed by atoms with Crippen molar-refractivity contribution in [3.8, 4) is 11.5 Å². The van der Waals surface area contributed by atoms with Crippen LogP contribution in [0.25, 0.3) is 0 Å². The Morgan fingerprint density at radius 1 is 1.47 bits per heavy atom. The zero-order valence-corrected chi connectivity index (χ0v) is 14.2. The molecule has 0 saturated carbocycles. The second-order valence-corrected chi connectivity index (χ2v) is 6.00. The minimum Gasteiger partial charge on any atom is -0.507 e. The minimum atomic E-state index is -0.559. The van der Waals surface area contributed by atoms with Crippen LogP contribution in [0.2, 0.25) is 6.04 Å². The molecule has 0 aromatic heterocycles. The smallest absolute Gasteiger partial charge is 0.341 e. The zero-order valence-electron chi connectivity index (χ0n) is 12.2. The molecule has 4 nitrogen and oxygen atoms in total. The molecule has 1 aromatic rings. The highest BCUT2D eigenvalue weighted by Crippen LogP contribution is 2.30. The van der Waals surface area contributed by atoms with Gasteiger partial charge in [-0.1, -0.05) is 13.0 Å². The van der Waals surface area contributed by atoms with Crippen LogP contribution < -0.4 is 4.74 Å². The first-order valence-corrected chi connectivity index (χ1v) is 7.83. The van der Waals surface area contributed by atoms with E-state index in [1.54, 1.807) is 6.07 Å². The van der Waals surface area contributed by atoms with E-state index in [2.05, 4.69) is 11.7 Å². The molecule has 0 aliphatic heterocycles. The van der Waals surface area contributed by atoms with Gasteiger partial charge in [-0.05, 0) is 31.9 Å². The Morgan fingerprint density at radius 3 is 2.58 bits per heavy atom. The molecule has 0 spiro atoms. The highest BCUT2D eigenvalue weighted by Gasteiger charge is 2.27. The predicted octanol–water partition coefficient (Wildman–Crippen LogP) is 1.76. The number of hydrogen-bond acceptors (Lipinski definition) is 4. The number of benzene rings is 1. The van der Waals surface area contributed by atoms with E-state index in [1.807, 2.05) is 13.8 Å². The molecule has 0 fully saturated rings. The van der Waals surface area contributed by atoms with Crippen molar-refractivity contribution in [2.24, 2.45) is 5.92 Å². The minimum absolute atomic E-state index is 0.126. The van der Waals surface area contributed by atoms with E-state index in [4.69, 9.17) is 4.74 Å². The van der Waals surface area contributed by atoms with Gasteiger partial charge in [-0.25, -0.2) is 4.79 Å². The van der Waals surface area contributed by atoms with Crippen LogP contribution in [-0.2, 0) is 4.74 Å². The van der Waals surface area contributed by atoms with Gasteiger partial charge in [-0.15, -0.1) is 0 Å². The summed E-state index contributed by atoms with van der Waals surface area (Å²) in [5, 5.41) is 9.81. The number of hydrogen-bond donors (Lipinski definition) is 1. The van der Waals surface area contributed by atoms with Gasteiger partial charge in [0.25, 0.3) is 0 Å². The lowest BCUT2D eigenvalue weighted by Crippen LogP contribution is -2.35. The van der Waals surface area contributed by atoms with Gasteiger partial charge in [0.2, 0.25) is 0 Å². The van der Waals surface area contributed by atoms with Crippen LogP contribution in [0.3, 0.4) is 0 Å². The van der Waals surface area contributed by atoms with E-state index in [1.165, 1.54) is 19.2 Å². The summed E-state index contributed by atoms with van der Waals surface area (Å²) in [6.07, 6.45) is 0. The molecule has 0 aliphatic carbocycles. The van der Waals surface area contributed by atoms with Gasteiger partial charge in [0.05, 0.1) is 7.11 Å². The predicted molar refractivity (Wildman–Crippen MR) is 78.1 cm³/mol. The Hall–Kier alpha value is -1.49. The number of aromatic hydroxyl groups is 1. The van der Waals surface area contributed by atoms with Gasteiger partial charge in [-0.3, -0.25) is 0 Å². The number of carbonyl (C=O) groups is 1. The molecule has 19 heavy (non-hydrogen) atoms. The fourth-order valence-corrected chi connectivity index (χ4v) is 2.74. The monoisotopic (exact) mass is 282 g/mol. The molecule has 0 saturated heterocycles. The van der Waals surface area contributed by atoms with Crippen LogP contribution >= 0.6 is 0 Å². The molecule has 1 unspecified atom stereocenters. The van der Waals surface area contributed by atoms with Crippen LogP contribution in [0.1, 0.15) is 31.1 Å². The molecule has 0 heterocycles. The molecule has 0 aliphatic rings. The number of methoxy groups -OCH3 is 1.